The quantitative estimate of drug-likeness (QED) is 0.655. The van der Waals surface area contributed by atoms with Gasteiger partial charge in [-0.3, -0.25) is 4.79 Å². The predicted molar refractivity (Wildman–Crippen MR) is 98.5 cm³/mol. The molecule has 0 aromatic heterocycles. The number of carbonyl (C=O) groups is 1. The van der Waals surface area contributed by atoms with E-state index in [2.05, 4.69) is 42.8 Å². The first-order chi connectivity index (χ1) is 11.2. The monoisotopic (exact) mass is 406 g/mol. The van der Waals surface area contributed by atoms with Crippen LogP contribution in [0.25, 0.3) is 0 Å². The molecule has 0 spiro atoms. The molecule has 1 unspecified atom stereocenters. The molecule has 2 atom stereocenters. The highest BCUT2D eigenvalue weighted by molar-refractivity contribution is 9.10. The number of alkyl halides is 2. The molecule has 138 valence electrons. The van der Waals surface area contributed by atoms with Crippen LogP contribution >= 0.6 is 15.9 Å². The second-order valence-corrected chi connectivity index (χ2v) is 7.23. The standard InChI is InChI=1S/C16H21BrO.C2H6.CH2F2O/c1-10(2)6-11(3)7-13-8-12-4-5-14(17)9-15(12)16(13)18;1-2;2-1(3)4/h4-5,9-11,13H,6-8H2,1-3H3;1-2H3;1,4H/t11?,13-;;/m0../s1. The third-order valence-corrected chi connectivity index (χ3v) is 4.23. The van der Waals surface area contributed by atoms with Gasteiger partial charge in [0.2, 0.25) is 0 Å². The number of ketones is 1. The minimum absolute atomic E-state index is 0.211. The van der Waals surface area contributed by atoms with Gasteiger partial charge >= 0.3 is 6.61 Å². The van der Waals surface area contributed by atoms with Gasteiger partial charge in [-0.1, -0.05) is 56.6 Å². The summed E-state index contributed by atoms with van der Waals surface area (Å²) in [7, 11) is 0. The Morgan fingerprint density at radius 3 is 2.29 bits per heavy atom. The summed E-state index contributed by atoms with van der Waals surface area (Å²) in [5.74, 6) is 1.91. The predicted octanol–water partition coefficient (Wildman–Crippen LogP) is 6.10. The minimum Gasteiger partial charge on any atom is -0.339 e. The van der Waals surface area contributed by atoms with E-state index in [0.29, 0.717) is 17.6 Å². The largest absolute Gasteiger partial charge is 0.342 e. The molecule has 24 heavy (non-hydrogen) atoms. The topological polar surface area (TPSA) is 37.3 Å². The minimum atomic E-state index is -3.17. The first-order valence-corrected chi connectivity index (χ1v) is 9.28. The fourth-order valence-electron chi connectivity index (χ4n) is 3.11. The van der Waals surface area contributed by atoms with Crippen molar-refractivity contribution in [2.75, 3.05) is 0 Å². The maximum Gasteiger partial charge on any atom is 0.342 e. The van der Waals surface area contributed by atoms with E-state index < -0.39 is 6.61 Å². The summed E-state index contributed by atoms with van der Waals surface area (Å²) in [6.45, 7) is 7.60. The van der Waals surface area contributed by atoms with Crippen LogP contribution in [-0.4, -0.2) is 17.5 Å². The highest BCUT2D eigenvalue weighted by atomic mass is 79.9. The summed E-state index contributed by atoms with van der Waals surface area (Å²) in [4.78, 5) is 12.3. The zero-order valence-electron chi connectivity index (χ0n) is 15.2. The lowest BCUT2D eigenvalue weighted by Gasteiger charge is -2.17. The van der Waals surface area contributed by atoms with Crippen LogP contribution in [0.2, 0.25) is 0 Å². The van der Waals surface area contributed by atoms with Gasteiger partial charge in [0.25, 0.3) is 0 Å². The van der Waals surface area contributed by atoms with Gasteiger partial charge in [-0.15, -0.1) is 0 Å². The number of fused-ring (bicyclic) bond motifs is 1. The molecule has 0 heterocycles. The average Bonchev–Trinajstić information content (AvgIpc) is 2.76. The zero-order valence-corrected chi connectivity index (χ0v) is 16.7. The maximum absolute atomic E-state index is 12.3. The molecular weight excluding hydrogens is 378 g/mol. The van der Waals surface area contributed by atoms with E-state index in [9.17, 15) is 13.6 Å². The van der Waals surface area contributed by atoms with Crippen LogP contribution in [0.1, 0.15) is 63.4 Å². The molecule has 5 heteroatoms. The van der Waals surface area contributed by atoms with Crippen LogP contribution in [-0.2, 0) is 6.42 Å². The van der Waals surface area contributed by atoms with Crippen molar-refractivity contribution in [2.45, 2.75) is 60.5 Å². The van der Waals surface area contributed by atoms with E-state index in [1.807, 2.05) is 26.0 Å². The molecule has 1 aromatic carbocycles. The van der Waals surface area contributed by atoms with Crippen molar-refractivity contribution in [3.63, 3.8) is 0 Å². The van der Waals surface area contributed by atoms with Gasteiger partial charge in [0, 0.05) is 16.0 Å². The van der Waals surface area contributed by atoms with Gasteiger partial charge in [0.05, 0.1) is 0 Å². The third kappa shape index (κ3) is 8.34. The Labute approximate surface area is 152 Å². The second-order valence-electron chi connectivity index (χ2n) is 6.31. The first-order valence-electron chi connectivity index (χ1n) is 8.49. The number of hydrogen-bond donors (Lipinski definition) is 1. The van der Waals surface area contributed by atoms with Gasteiger partial charge in [-0.25, -0.2) is 0 Å². The van der Waals surface area contributed by atoms with E-state index in [4.69, 9.17) is 5.11 Å². The fraction of sp³-hybridized carbons (Fsp3) is 0.632. The molecule has 0 amide bonds. The Bertz CT molecular complexity index is 501. The van der Waals surface area contributed by atoms with Crippen molar-refractivity contribution in [3.05, 3.63) is 33.8 Å². The van der Waals surface area contributed by atoms with Crippen molar-refractivity contribution in [3.8, 4) is 0 Å². The van der Waals surface area contributed by atoms with Gasteiger partial charge in [-0.2, -0.15) is 8.78 Å². The summed E-state index contributed by atoms with van der Waals surface area (Å²) in [5, 5.41) is 6.72. The molecule has 0 fully saturated rings. The summed E-state index contributed by atoms with van der Waals surface area (Å²) >= 11 is 3.44. The van der Waals surface area contributed by atoms with E-state index in [-0.39, 0.29) is 5.92 Å². The number of carbonyl (C=O) groups excluding carboxylic acids is 1. The van der Waals surface area contributed by atoms with Gasteiger partial charge in [0.1, 0.15) is 0 Å². The molecule has 2 nitrogen and oxygen atoms in total. The first kappa shape index (κ1) is 23.2. The normalized spacial score (nSPS) is 17.0. The SMILES string of the molecule is CC.CC(C)CC(C)C[C@H]1Cc2ccc(Br)cc2C1=O.OC(F)F. The molecule has 0 bridgehead atoms. The summed E-state index contributed by atoms with van der Waals surface area (Å²) in [5.41, 5.74) is 2.16. The molecule has 0 aliphatic heterocycles. The Hall–Kier alpha value is -0.810. The highest BCUT2D eigenvalue weighted by Crippen LogP contribution is 2.33. The Kier molecular flexibility index (Phi) is 11.3. The molecular formula is C19H29BrF2O2. The van der Waals surface area contributed by atoms with E-state index >= 15 is 0 Å². The summed E-state index contributed by atoms with van der Waals surface area (Å²) < 4.78 is 20.8. The maximum atomic E-state index is 12.3. The van der Waals surface area contributed by atoms with Crippen LogP contribution in [0.15, 0.2) is 22.7 Å². The van der Waals surface area contributed by atoms with Crippen LogP contribution < -0.4 is 0 Å². The third-order valence-electron chi connectivity index (χ3n) is 3.74. The lowest BCUT2D eigenvalue weighted by Crippen LogP contribution is -2.14. The van der Waals surface area contributed by atoms with Crippen molar-refractivity contribution in [1.29, 1.82) is 0 Å². The van der Waals surface area contributed by atoms with Gasteiger partial charge < -0.3 is 5.11 Å². The number of benzene rings is 1. The number of hydrogen-bond acceptors (Lipinski definition) is 2. The van der Waals surface area contributed by atoms with Crippen LogP contribution in [0.5, 0.6) is 0 Å². The smallest absolute Gasteiger partial charge is 0.339 e. The number of aliphatic hydroxyl groups excluding tert-OH is 1. The Balaban J connectivity index is 0.000000773. The molecule has 0 saturated carbocycles. The number of aliphatic hydroxyl groups is 1. The summed E-state index contributed by atoms with van der Waals surface area (Å²) in [6, 6.07) is 6.10. The van der Waals surface area contributed by atoms with E-state index in [1.165, 1.54) is 12.0 Å². The van der Waals surface area contributed by atoms with Crippen molar-refractivity contribution >= 4 is 21.7 Å². The number of halogens is 3. The van der Waals surface area contributed by atoms with Crippen molar-refractivity contribution < 1.29 is 18.7 Å². The Morgan fingerprint density at radius 2 is 1.79 bits per heavy atom. The van der Waals surface area contributed by atoms with Crippen molar-refractivity contribution in [1.82, 2.24) is 0 Å². The molecule has 0 saturated heterocycles. The molecule has 1 aliphatic rings. The molecule has 1 aromatic rings. The fourth-order valence-corrected chi connectivity index (χ4v) is 3.47. The molecule has 1 aliphatic carbocycles. The van der Waals surface area contributed by atoms with Crippen molar-refractivity contribution in [2.24, 2.45) is 17.8 Å². The van der Waals surface area contributed by atoms with Crippen LogP contribution in [0, 0.1) is 17.8 Å². The summed E-state index contributed by atoms with van der Waals surface area (Å²) in [6.07, 6.45) is 3.18. The molecule has 1 N–H and O–H groups in total. The van der Waals surface area contributed by atoms with Gasteiger partial charge in [-0.05, 0) is 48.8 Å². The van der Waals surface area contributed by atoms with E-state index in [0.717, 1.165) is 22.9 Å². The number of rotatable bonds is 4. The lowest BCUT2D eigenvalue weighted by atomic mass is 9.87. The highest BCUT2D eigenvalue weighted by Gasteiger charge is 2.31. The second kappa shape index (κ2) is 11.7. The average molecular weight is 407 g/mol. The molecule has 2 rings (SSSR count). The van der Waals surface area contributed by atoms with Crippen LogP contribution in [0.3, 0.4) is 0 Å². The number of Topliss-reactive ketones (excluding diaryl/α,β-unsaturated/α-hetero) is 1. The molecule has 0 radical (unpaired) electrons. The Morgan fingerprint density at radius 1 is 1.25 bits per heavy atom. The van der Waals surface area contributed by atoms with Crippen LogP contribution in [0.4, 0.5) is 8.78 Å². The zero-order chi connectivity index (χ0) is 18.9. The van der Waals surface area contributed by atoms with E-state index in [1.54, 1.807) is 0 Å². The van der Waals surface area contributed by atoms with Gasteiger partial charge in [0.15, 0.2) is 5.78 Å². The lowest BCUT2D eigenvalue weighted by molar-refractivity contribution is -0.0728.